The maximum atomic E-state index is 11.9. The number of oxime groups is 1. The number of carbonyl (C=O) groups excluding carboxylic acids is 1. The molecule has 1 unspecified atom stereocenters. The van der Waals surface area contributed by atoms with E-state index in [-0.39, 0.29) is 0 Å². The summed E-state index contributed by atoms with van der Waals surface area (Å²) in [5.41, 5.74) is 1.09. The van der Waals surface area contributed by atoms with E-state index in [0.29, 0.717) is 15.7 Å². The number of hydrogen-bond acceptors (Lipinski definition) is 4. The van der Waals surface area contributed by atoms with E-state index >= 15 is 0 Å². The SMILES string of the molecule is CC(C)=NOC(C#N)NC(=O)c1ccccc1Br. The Bertz CT molecular complexity index is 504. The predicted octanol–water partition coefficient (Wildman–Crippen LogP) is 2.44. The largest absolute Gasteiger partial charge is 0.355 e. The van der Waals surface area contributed by atoms with Gasteiger partial charge in [0.2, 0.25) is 0 Å². The van der Waals surface area contributed by atoms with Crippen LogP contribution in [0.15, 0.2) is 33.9 Å². The summed E-state index contributed by atoms with van der Waals surface area (Å²) in [4.78, 5) is 16.7. The summed E-state index contributed by atoms with van der Waals surface area (Å²) in [6.07, 6.45) is -1.11. The molecule has 1 rings (SSSR count). The van der Waals surface area contributed by atoms with Crippen LogP contribution in [0.2, 0.25) is 0 Å². The highest BCUT2D eigenvalue weighted by Gasteiger charge is 2.15. The van der Waals surface area contributed by atoms with Gasteiger partial charge >= 0.3 is 0 Å². The first-order valence-electron chi connectivity index (χ1n) is 5.16. The van der Waals surface area contributed by atoms with Gasteiger partial charge in [0.1, 0.15) is 6.07 Å². The van der Waals surface area contributed by atoms with Gasteiger partial charge in [0.15, 0.2) is 0 Å². The molecule has 0 aliphatic rings. The van der Waals surface area contributed by atoms with E-state index in [1.54, 1.807) is 44.2 Å². The fourth-order valence-electron chi connectivity index (χ4n) is 1.08. The Labute approximate surface area is 114 Å². The average molecular weight is 310 g/mol. The highest BCUT2D eigenvalue weighted by atomic mass is 79.9. The third-order valence-corrected chi connectivity index (χ3v) is 2.53. The van der Waals surface area contributed by atoms with E-state index in [2.05, 4.69) is 26.4 Å². The second kappa shape index (κ2) is 6.77. The molecule has 0 bridgehead atoms. The van der Waals surface area contributed by atoms with Crippen LogP contribution < -0.4 is 5.32 Å². The summed E-state index contributed by atoms with van der Waals surface area (Å²) >= 11 is 3.26. The molecule has 0 saturated carbocycles. The van der Waals surface area contributed by atoms with Gasteiger partial charge in [0.25, 0.3) is 12.1 Å². The van der Waals surface area contributed by atoms with E-state index in [4.69, 9.17) is 10.1 Å². The lowest BCUT2D eigenvalue weighted by molar-refractivity contribution is 0.0590. The lowest BCUT2D eigenvalue weighted by atomic mass is 10.2. The topological polar surface area (TPSA) is 74.5 Å². The first-order chi connectivity index (χ1) is 8.54. The molecule has 18 heavy (non-hydrogen) atoms. The van der Waals surface area contributed by atoms with Gasteiger partial charge < -0.3 is 10.2 Å². The van der Waals surface area contributed by atoms with Crippen molar-refractivity contribution in [3.63, 3.8) is 0 Å². The van der Waals surface area contributed by atoms with Crippen molar-refractivity contribution in [2.75, 3.05) is 0 Å². The summed E-state index contributed by atoms with van der Waals surface area (Å²) in [5, 5.41) is 14.9. The van der Waals surface area contributed by atoms with Gasteiger partial charge in [-0.1, -0.05) is 17.3 Å². The van der Waals surface area contributed by atoms with Crippen LogP contribution in [0, 0.1) is 11.3 Å². The van der Waals surface area contributed by atoms with E-state index in [9.17, 15) is 4.79 Å². The van der Waals surface area contributed by atoms with Gasteiger partial charge in [-0.2, -0.15) is 5.26 Å². The summed E-state index contributed by atoms with van der Waals surface area (Å²) in [5.74, 6) is -0.405. The number of nitrogens with one attached hydrogen (secondary N) is 1. The zero-order valence-electron chi connectivity index (χ0n) is 9.98. The van der Waals surface area contributed by atoms with Crippen molar-refractivity contribution in [2.24, 2.45) is 5.16 Å². The van der Waals surface area contributed by atoms with E-state index in [0.717, 1.165) is 0 Å². The molecule has 0 saturated heterocycles. The zero-order chi connectivity index (χ0) is 13.5. The van der Waals surface area contributed by atoms with Crippen molar-refractivity contribution in [3.8, 4) is 6.07 Å². The molecule has 0 aliphatic heterocycles. The van der Waals surface area contributed by atoms with Crippen molar-refractivity contribution in [3.05, 3.63) is 34.3 Å². The second-order valence-electron chi connectivity index (χ2n) is 3.61. The zero-order valence-corrected chi connectivity index (χ0v) is 11.6. The van der Waals surface area contributed by atoms with Crippen molar-refractivity contribution >= 4 is 27.5 Å². The highest BCUT2D eigenvalue weighted by molar-refractivity contribution is 9.10. The molecular weight excluding hydrogens is 298 g/mol. The lowest BCUT2D eigenvalue weighted by Crippen LogP contribution is -2.35. The number of nitriles is 1. The van der Waals surface area contributed by atoms with Crippen LogP contribution in [0.3, 0.4) is 0 Å². The van der Waals surface area contributed by atoms with E-state index in [1.165, 1.54) is 0 Å². The maximum Gasteiger partial charge on any atom is 0.287 e. The Morgan fingerprint density at radius 1 is 1.50 bits per heavy atom. The maximum absolute atomic E-state index is 11.9. The number of rotatable bonds is 4. The van der Waals surface area contributed by atoms with Crippen LogP contribution in [0.5, 0.6) is 0 Å². The minimum Gasteiger partial charge on any atom is -0.355 e. The number of halogens is 1. The minimum atomic E-state index is -1.11. The van der Waals surface area contributed by atoms with Gasteiger partial charge in [-0.3, -0.25) is 4.79 Å². The molecular formula is C12H12BrN3O2. The molecule has 1 aromatic rings. The molecule has 0 spiro atoms. The van der Waals surface area contributed by atoms with E-state index in [1.807, 2.05) is 0 Å². The second-order valence-corrected chi connectivity index (χ2v) is 4.46. The van der Waals surface area contributed by atoms with Crippen LogP contribution in [0.25, 0.3) is 0 Å². The molecule has 1 atom stereocenters. The molecule has 5 nitrogen and oxygen atoms in total. The summed E-state index contributed by atoms with van der Waals surface area (Å²) in [6, 6.07) is 8.71. The fraction of sp³-hybridized carbons (Fsp3) is 0.250. The Balaban J connectivity index is 2.72. The predicted molar refractivity (Wildman–Crippen MR) is 70.9 cm³/mol. The van der Waals surface area contributed by atoms with Crippen LogP contribution in [0.4, 0.5) is 0 Å². The van der Waals surface area contributed by atoms with Gasteiger partial charge in [-0.15, -0.1) is 0 Å². The normalized spacial score (nSPS) is 11.0. The first kappa shape index (κ1) is 14.2. The molecule has 1 aromatic carbocycles. The molecule has 0 heterocycles. The minimum absolute atomic E-state index is 0.405. The van der Waals surface area contributed by atoms with Crippen LogP contribution in [-0.2, 0) is 4.84 Å². The van der Waals surface area contributed by atoms with Crippen LogP contribution >= 0.6 is 15.9 Å². The smallest absolute Gasteiger partial charge is 0.287 e. The summed E-state index contributed by atoms with van der Waals surface area (Å²) in [6.45, 7) is 3.45. The standard InChI is InChI=1S/C12H12BrN3O2/c1-8(2)16-18-11(7-14)15-12(17)9-5-3-4-6-10(9)13/h3-6,11H,1-2H3,(H,15,17). The molecule has 94 valence electrons. The Morgan fingerprint density at radius 2 is 2.17 bits per heavy atom. The van der Waals surface area contributed by atoms with Crippen LogP contribution in [0.1, 0.15) is 24.2 Å². The molecule has 1 amide bonds. The number of amides is 1. The third kappa shape index (κ3) is 4.18. The molecule has 0 fully saturated rings. The number of benzene rings is 1. The summed E-state index contributed by atoms with van der Waals surface area (Å²) < 4.78 is 0.648. The number of hydrogen-bond donors (Lipinski definition) is 1. The van der Waals surface area contributed by atoms with Gasteiger partial charge in [-0.25, -0.2) is 0 Å². The molecule has 6 heteroatoms. The van der Waals surface area contributed by atoms with Crippen LogP contribution in [-0.4, -0.2) is 17.8 Å². The van der Waals surface area contributed by atoms with Crippen molar-refractivity contribution in [2.45, 2.75) is 20.1 Å². The van der Waals surface area contributed by atoms with Crippen molar-refractivity contribution in [1.82, 2.24) is 5.32 Å². The quantitative estimate of drug-likeness (QED) is 0.527. The number of nitrogens with zero attached hydrogens (tertiary/aromatic N) is 2. The molecule has 1 N–H and O–H groups in total. The van der Waals surface area contributed by atoms with E-state index < -0.39 is 12.1 Å². The average Bonchev–Trinajstić information content (AvgIpc) is 2.34. The molecule has 0 radical (unpaired) electrons. The molecule has 0 aromatic heterocycles. The monoisotopic (exact) mass is 309 g/mol. The summed E-state index contributed by atoms with van der Waals surface area (Å²) in [7, 11) is 0. The van der Waals surface area contributed by atoms with Gasteiger partial charge in [-0.05, 0) is 41.9 Å². The number of carbonyl (C=O) groups is 1. The third-order valence-electron chi connectivity index (χ3n) is 1.84. The Hall–Kier alpha value is -1.87. The van der Waals surface area contributed by atoms with Gasteiger partial charge in [0.05, 0.1) is 11.3 Å². The van der Waals surface area contributed by atoms with Crippen molar-refractivity contribution in [1.29, 1.82) is 5.26 Å². The molecule has 0 aliphatic carbocycles. The highest BCUT2D eigenvalue weighted by Crippen LogP contribution is 2.15. The fourth-order valence-corrected chi connectivity index (χ4v) is 1.55. The van der Waals surface area contributed by atoms with Crippen molar-refractivity contribution < 1.29 is 9.63 Å². The van der Waals surface area contributed by atoms with Gasteiger partial charge in [0, 0.05) is 4.47 Å². The Kier molecular flexibility index (Phi) is 5.33. The first-order valence-corrected chi connectivity index (χ1v) is 5.96. The Morgan fingerprint density at radius 3 is 2.72 bits per heavy atom. The lowest BCUT2D eigenvalue weighted by Gasteiger charge is -2.10.